The monoisotopic (exact) mass is 378 g/mol. The highest BCUT2D eigenvalue weighted by Gasteiger charge is 2.16. The third-order valence-electron chi connectivity index (χ3n) is 3.60. The van der Waals surface area contributed by atoms with Gasteiger partial charge in [0.25, 0.3) is 5.91 Å². The number of carbonyl (C=O) groups excluding carboxylic acids is 1. The van der Waals surface area contributed by atoms with Crippen LogP contribution >= 0.6 is 15.9 Å². The highest BCUT2D eigenvalue weighted by atomic mass is 79.9. The molecule has 2 aromatic carbocycles. The number of halogens is 3. The van der Waals surface area contributed by atoms with Crippen molar-refractivity contribution in [1.82, 2.24) is 10.3 Å². The van der Waals surface area contributed by atoms with Crippen molar-refractivity contribution in [2.45, 2.75) is 13.0 Å². The first-order valence-electron chi connectivity index (χ1n) is 6.98. The van der Waals surface area contributed by atoms with Crippen LogP contribution in [0, 0.1) is 11.6 Å². The molecular weight excluding hydrogens is 366 g/mol. The van der Waals surface area contributed by atoms with E-state index < -0.39 is 17.7 Å². The van der Waals surface area contributed by atoms with Crippen LogP contribution in [0.4, 0.5) is 8.78 Å². The van der Waals surface area contributed by atoms with Crippen LogP contribution in [0.1, 0.15) is 29.0 Å². The number of carbonyl (C=O) groups is 1. The van der Waals surface area contributed by atoms with Crippen LogP contribution in [0.15, 0.2) is 46.9 Å². The molecule has 0 aliphatic heterocycles. The molecule has 118 valence electrons. The predicted octanol–water partition coefficient (Wildman–Crippen LogP) is 4.70. The Morgan fingerprint density at radius 1 is 1.17 bits per heavy atom. The quantitative estimate of drug-likeness (QED) is 0.681. The Hall–Kier alpha value is -2.21. The summed E-state index contributed by atoms with van der Waals surface area (Å²) in [4.78, 5) is 15.3. The van der Waals surface area contributed by atoms with Crippen LogP contribution in [0.5, 0.6) is 0 Å². The van der Waals surface area contributed by atoms with Gasteiger partial charge < -0.3 is 10.3 Å². The van der Waals surface area contributed by atoms with E-state index in [4.69, 9.17) is 0 Å². The van der Waals surface area contributed by atoms with E-state index in [2.05, 4.69) is 26.2 Å². The van der Waals surface area contributed by atoms with Crippen molar-refractivity contribution in [1.29, 1.82) is 0 Å². The van der Waals surface area contributed by atoms with Crippen molar-refractivity contribution >= 4 is 32.7 Å². The molecule has 0 aliphatic rings. The number of hydrogen-bond donors (Lipinski definition) is 2. The van der Waals surface area contributed by atoms with E-state index >= 15 is 0 Å². The minimum Gasteiger partial charge on any atom is -0.351 e. The molecule has 0 spiro atoms. The number of rotatable bonds is 3. The number of aromatic amines is 1. The third-order valence-corrected chi connectivity index (χ3v) is 4.10. The average molecular weight is 379 g/mol. The van der Waals surface area contributed by atoms with Crippen LogP contribution in [-0.2, 0) is 0 Å². The first-order chi connectivity index (χ1) is 10.9. The van der Waals surface area contributed by atoms with Gasteiger partial charge in [-0.1, -0.05) is 22.0 Å². The van der Waals surface area contributed by atoms with Gasteiger partial charge in [0, 0.05) is 27.0 Å². The Kier molecular flexibility index (Phi) is 4.17. The second kappa shape index (κ2) is 6.12. The maximum Gasteiger partial charge on any atom is 0.268 e. The molecule has 0 bridgehead atoms. The first kappa shape index (κ1) is 15.7. The summed E-state index contributed by atoms with van der Waals surface area (Å²) in [5.41, 5.74) is 1.45. The topological polar surface area (TPSA) is 44.9 Å². The summed E-state index contributed by atoms with van der Waals surface area (Å²) in [6.07, 6.45) is 0. The van der Waals surface area contributed by atoms with Gasteiger partial charge in [-0.3, -0.25) is 4.79 Å². The number of H-pyrrole nitrogens is 1. The molecule has 1 unspecified atom stereocenters. The van der Waals surface area contributed by atoms with E-state index in [-0.39, 0.29) is 11.5 Å². The van der Waals surface area contributed by atoms with Crippen molar-refractivity contribution in [2.24, 2.45) is 0 Å². The molecule has 0 aliphatic carbocycles. The Morgan fingerprint density at radius 2 is 1.96 bits per heavy atom. The standard InChI is InChI=1S/C17H13BrF2N2O/c1-9(13-4-3-12(19)8-14(13)20)21-17(23)16-7-10-6-11(18)2-5-15(10)22-16/h2-9,22H,1H3,(H,21,23). The first-order valence-corrected chi connectivity index (χ1v) is 7.77. The number of benzene rings is 2. The smallest absolute Gasteiger partial charge is 0.268 e. The molecule has 23 heavy (non-hydrogen) atoms. The molecule has 6 heteroatoms. The average Bonchev–Trinajstić information content (AvgIpc) is 2.90. The lowest BCUT2D eigenvalue weighted by Gasteiger charge is -2.14. The molecule has 1 aromatic heterocycles. The maximum atomic E-state index is 13.8. The highest BCUT2D eigenvalue weighted by molar-refractivity contribution is 9.10. The minimum absolute atomic E-state index is 0.235. The van der Waals surface area contributed by atoms with Gasteiger partial charge in [0.2, 0.25) is 0 Å². The SMILES string of the molecule is CC(NC(=O)c1cc2cc(Br)ccc2[nH]1)c1ccc(F)cc1F. The summed E-state index contributed by atoms with van der Waals surface area (Å²) < 4.78 is 27.6. The van der Waals surface area contributed by atoms with Gasteiger partial charge in [-0.05, 0) is 37.3 Å². The van der Waals surface area contributed by atoms with E-state index in [1.54, 1.807) is 13.0 Å². The minimum atomic E-state index is -0.682. The van der Waals surface area contributed by atoms with Gasteiger partial charge in [0.05, 0.1) is 6.04 Å². The Labute approximate surface area is 139 Å². The summed E-state index contributed by atoms with van der Waals surface area (Å²) in [5.74, 6) is -1.68. The zero-order valence-corrected chi connectivity index (χ0v) is 13.7. The summed E-state index contributed by atoms with van der Waals surface area (Å²) in [7, 11) is 0. The van der Waals surface area contributed by atoms with Gasteiger partial charge >= 0.3 is 0 Å². The lowest BCUT2D eigenvalue weighted by atomic mass is 10.1. The number of aromatic nitrogens is 1. The fourth-order valence-corrected chi connectivity index (χ4v) is 2.81. The zero-order chi connectivity index (χ0) is 16.6. The van der Waals surface area contributed by atoms with Gasteiger partial charge in [0.15, 0.2) is 0 Å². The Morgan fingerprint density at radius 3 is 2.70 bits per heavy atom. The fourth-order valence-electron chi connectivity index (χ4n) is 2.43. The van der Waals surface area contributed by atoms with E-state index in [1.807, 2.05) is 18.2 Å². The second-order valence-electron chi connectivity index (χ2n) is 5.28. The van der Waals surface area contributed by atoms with E-state index in [0.29, 0.717) is 5.69 Å². The normalized spacial score (nSPS) is 12.3. The van der Waals surface area contributed by atoms with Crippen LogP contribution in [0.3, 0.4) is 0 Å². The molecule has 1 heterocycles. The van der Waals surface area contributed by atoms with E-state index in [0.717, 1.165) is 21.4 Å². The largest absolute Gasteiger partial charge is 0.351 e. The molecule has 3 nitrogen and oxygen atoms in total. The Balaban J connectivity index is 1.82. The van der Waals surface area contributed by atoms with Crippen molar-refractivity contribution in [3.63, 3.8) is 0 Å². The lowest BCUT2D eigenvalue weighted by molar-refractivity contribution is 0.0935. The molecule has 1 amide bonds. The second-order valence-corrected chi connectivity index (χ2v) is 6.19. The van der Waals surface area contributed by atoms with Crippen molar-refractivity contribution in [3.05, 3.63) is 69.8 Å². The van der Waals surface area contributed by atoms with Gasteiger partial charge in [-0.25, -0.2) is 8.78 Å². The summed E-state index contributed by atoms with van der Waals surface area (Å²) in [6, 6.07) is 10.1. The third kappa shape index (κ3) is 3.27. The molecule has 3 rings (SSSR count). The van der Waals surface area contributed by atoms with Gasteiger partial charge in [-0.15, -0.1) is 0 Å². The van der Waals surface area contributed by atoms with Gasteiger partial charge in [0.1, 0.15) is 17.3 Å². The lowest BCUT2D eigenvalue weighted by Crippen LogP contribution is -2.27. The summed E-state index contributed by atoms with van der Waals surface area (Å²) >= 11 is 3.38. The number of nitrogens with one attached hydrogen (secondary N) is 2. The Bertz CT molecular complexity index is 891. The zero-order valence-electron chi connectivity index (χ0n) is 12.2. The molecule has 1 atom stereocenters. The highest BCUT2D eigenvalue weighted by Crippen LogP contribution is 2.22. The van der Waals surface area contributed by atoms with Crippen molar-refractivity contribution < 1.29 is 13.6 Å². The summed E-state index contributed by atoms with van der Waals surface area (Å²) in [5, 5.41) is 3.60. The van der Waals surface area contributed by atoms with Gasteiger partial charge in [-0.2, -0.15) is 0 Å². The predicted molar refractivity (Wildman–Crippen MR) is 88.2 cm³/mol. The molecule has 2 N–H and O–H groups in total. The van der Waals surface area contributed by atoms with Crippen LogP contribution in [0.25, 0.3) is 10.9 Å². The molecule has 0 saturated carbocycles. The molecule has 0 saturated heterocycles. The van der Waals surface area contributed by atoms with E-state index in [9.17, 15) is 13.6 Å². The molecule has 0 fully saturated rings. The van der Waals surface area contributed by atoms with Crippen LogP contribution < -0.4 is 5.32 Å². The molecular formula is C17H13BrF2N2O. The van der Waals surface area contributed by atoms with E-state index in [1.165, 1.54) is 12.1 Å². The van der Waals surface area contributed by atoms with Crippen LogP contribution in [0.2, 0.25) is 0 Å². The van der Waals surface area contributed by atoms with Crippen molar-refractivity contribution in [3.8, 4) is 0 Å². The number of hydrogen-bond acceptors (Lipinski definition) is 1. The van der Waals surface area contributed by atoms with Crippen LogP contribution in [-0.4, -0.2) is 10.9 Å². The summed E-state index contributed by atoms with van der Waals surface area (Å²) in [6.45, 7) is 1.65. The maximum absolute atomic E-state index is 13.8. The molecule has 3 aromatic rings. The molecule has 0 radical (unpaired) electrons. The number of amides is 1. The van der Waals surface area contributed by atoms with Crippen molar-refractivity contribution in [2.75, 3.05) is 0 Å². The number of fused-ring (bicyclic) bond motifs is 1. The fraction of sp³-hybridized carbons (Fsp3) is 0.118.